The van der Waals surface area contributed by atoms with Crippen LogP contribution in [-0.4, -0.2) is 53.3 Å². The molecule has 0 aliphatic heterocycles. The molecule has 2 aromatic carbocycles. The van der Waals surface area contributed by atoms with Crippen LogP contribution in [0.5, 0.6) is 0 Å². The summed E-state index contributed by atoms with van der Waals surface area (Å²) in [7, 11) is 0. The summed E-state index contributed by atoms with van der Waals surface area (Å²) >= 11 is 6.26. The van der Waals surface area contributed by atoms with Gasteiger partial charge in [-0.2, -0.15) is 0 Å². The number of benzene rings is 2. The molecule has 2 unspecified atom stereocenters. The molecule has 1 aromatic heterocycles. The van der Waals surface area contributed by atoms with E-state index < -0.39 is 30.0 Å². The number of rotatable bonds is 10. The predicted molar refractivity (Wildman–Crippen MR) is 135 cm³/mol. The second kappa shape index (κ2) is 12.8. The number of esters is 2. The average Bonchev–Trinajstić information content (AvgIpc) is 2.89. The fourth-order valence-electron chi connectivity index (χ4n) is 3.60. The summed E-state index contributed by atoms with van der Waals surface area (Å²) in [5.41, 5.74) is 2.08. The lowest BCUT2D eigenvalue weighted by Crippen LogP contribution is -2.49. The molecule has 0 radical (unpaired) electrons. The Labute approximate surface area is 214 Å². The van der Waals surface area contributed by atoms with Gasteiger partial charge in [0.05, 0.1) is 30.5 Å². The van der Waals surface area contributed by atoms with Gasteiger partial charge >= 0.3 is 11.9 Å². The molecule has 0 bridgehead atoms. The molecule has 3 rings (SSSR count). The first-order valence-corrected chi connectivity index (χ1v) is 11.8. The Bertz CT molecular complexity index is 1230. The lowest BCUT2D eigenvalue weighted by atomic mass is 10.00. The van der Waals surface area contributed by atoms with Crippen LogP contribution < -0.4 is 5.32 Å². The number of ether oxygens (including phenoxy) is 2. The number of carbonyl (C=O) groups excluding carboxylic acids is 3. The summed E-state index contributed by atoms with van der Waals surface area (Å²) < 4.78 is 10.1. The van der Waals surface area contributed by atoms with E-state index in [1.54, 1.807) is 62.4 Å². The second-order valence-electron chi connectivity index (χ2n) is 7.77. The SMILES string of the molecule is CCOC(=O)c1ccccc1-c1cc(C(=O)NC(Cc2ccccc2Cl)C(O)C(=O)OCC)ccn1. The van der Waals surface area contributed by atoms with Crippen molar-refractivity contribution < 1.29 is 29.0 Å². The molecule has 1 amide bonds. The minimum absolute atomic E-state index is 0.0796. The lowest BCUT2D eigenvalue weighted by Gasteiger charge is -2.23. The number of carbonyl (C=O) groups is 3. The van der Waals surface area contributed by atoms with E-state index in [0.29, 0.717) is 27.4 Å². The van der Waals surface area contributed by atoms with Crippen LogP contribution in [0.15, 0.2) is 66.9 Å². The van der Waals surface area contributed by atoms with Gasteiger partial charge in [0, 0.05) is 22.3 Å². The van der Waals surface area contributed by atoms with Crippen molar-refractivity contribution >= 4 is 29.4 Å². The Kier molecular flexibility index (Phi) is 9.55. The molecule has 0 fully saturated rings. The summed E-state index contributed by atoms with van der Waals surface area (Å²) in [5, 5.41) is 13.8. The molecule has 1 heterocycles. The van der Waals surface area contributed by atoms with Crippen molar-refractivity contribution in [2.75, 3.05) is 13.2 Å². The van der Waals surface area contributed by atoms with Crippen LogP contribution in [0.25, 0.3) is 11.3 Å². The van der Waals surface area contributed by atoms with Gasteiger partial charge in [0.15, 0.2) is 6.10 Å². The molecule has 0 saturated carbocycles. The van der Waals surface area contributed by atoms with E-state index in [4.69, 9.17) is 21.1 Å². The van der Waals surface area contributed by atoms with Gasteiger partial charge in [0.2, 0.25) is 0 Å². The number of amides is 1. The van der Waals surface area contributed by atoms with Gasteiger partial charge in [-0.05, 0) is 50.1 Å². The van der Waals surface area contributed by atoms with Crippen molar-refractivity contribution in [2.24, 2.45) is 0 Å². The van der Waals surface area contributed by atoms with Gasteiger partial charge in [0.1, 0.15) is 0 Å². The summed E-state index contributed by atoms with van der Waals surface area (Å²) in [4.78, 5) is 42.2. The monoisotopic (exact) mass is 510 g/mol. The maximum absolute atomic E-state index is 13.2. The Hall–Kier alpha value is -3.75. The van der Waals surface area contributed by atoms with Crippen LogP contribution in [0.4, 0.5) is 0 Å². The highest BCUT2D eigenvalue weighted by Crippen LogP contribution is 2.24. The number of pyridine rings is 1. The van der Waals surface area contributed by atoms with Crippen molar-refractivity contribution in [1.29, 1.82) is 0 Å². The van der Waals surface area contributed by atoms with E-state index in [9.17, 15) is 19.5 Å². The highest BCUT2D eigenvalue weighted by atomic mass is 35.5. The highest BCUT2D eigenvalue weighted by molar-refractivity contribution is 6.31. The number of halogens is 1. The van der Waals surface area contributed by atoms with Gasteiger partial charge in [-0.1, -0.05) is 48.0 Å². The third-order valence-electron chi connectivity index (χ3n) is 5.34. The topological polar surface area (TPSA) is 115 Å². The van der Waals surface area contributed by atoms with Crippen LogP contribution in [0.3, 0.4) is 0 Å². The van der Waals surface area contributed by atoms with Crippen molar-refractivity contribution in [3.63, 3.8) is 0 Å². The molecule has 0 spiro atoms. The normalized spacial score (nSPS) is 12.3. The first kappa shape index (κ1) is 26.8. The smallest absolute Gasteiger partial charge is 0.338 e. The molecule has 188 valence electrons. The molecule has 2 N–H and O–H groups in total. The third-order valence-corrected chi connectivity index (χ3v) is 5.71. The zero-order valence-electron chi connectivity index (χ0n) is 19.9. The van der Waals surface area contributed by atoms with Crippen LogP contribution in [0.2, 0.25) is 5.02 Å². The number of aliphatic hydroxyl groups is 1. The minimum Gasteiger partial charge on any atom is -0.464 e. The van der Waals surface area contributed by atoms with E-state index in [-0.39, 0.29) is 25.2 Å². The molecule has 9 heteroatoms. The number of nitrogens with one attached hydrogen (secondary N) is 1. The van der Waals surface area contributed by atoms with Crippen LogP contribution in [-0.2, 0) is 20.7 Å². The predicted octanol–water partition coefficient (Wildman–Crippen LogP) is 3.84. The lowest BCUT2D eigenvalue weighted by molar-refractivity contribution is -0.154. The van der Waals surface area contributed by atoms with E-state index in [2.05, 4.69) is 10.3 Å². The van der Waals surface area contributed by atoms with E-state index in [0.717, 1.165) is 0 Å². The van der Waals surface area contributed by atoms with Crippen molar-refractivity contribution in [1.82, 2.24) is 10.3 Å². The van der Waals surface area contributed by atoms with Crippen LogP contribution in [0.1, 0.15) is 40.1 Å². The Morgan fingerprint density at radius 3 is 2.42 bits per heavy atom. The van der Waals surface area contributed by atoms with E-state index in [1.165, 1.54) is 18.3 Å². The van der Waals surface area contributed by atoms with Gasteiger partial charge < -0.3 is 19.9 Å². The fourth-order valence-corrected chi connectivity index (χ4v) is 3.81. The van der Waals surface area contributed by atoms with Crippen LogP contribution in [0, 0.1) is 0 Å². The van der Waals surface area contributed by atoms with E-state index in [1.807, 2.05) is 0 Å². The first-order chi connectivity index (χ1) is 17.3. The zero-order valence-corrected chi connectivity index (χ0v) is 20.7. The van der Waals surface area contributed by atoms with Crippen molar-refractivity contribution in [3.05, 3.63) is 88.6 Å². The Balaban J connectivity index is 1.89. The number of nitrogens with zero attached hydrogens (tertiary/aromatic N) is 1. The van der Waals surface area contributed by atoms with Gasteiger partial charge in [-0.15, -0.1) is 0 Å². The zero-order chi connectivity index (χ0) is 26.1. The fraction of sp³-hybridized carbons (Fsp3) is 0.259. The first-order valence-electron chi connectivity index (χ1n) is 11.5. The second-order valence-corrected chi connectivity index (χ2v) is 8.18. The standard InChI is InChI=1S/C27H27ClN2O6/c1-3-35-26(33)20-11-7-6-10-19(20)22-16-18(13-14-29-22)25(32)30-23(24(31)27(34)36-4-2)15-17-9-5-8-12-21(17)28/h5-14,16,23-24,31H,3-4,15H2,1-2H3,(H,30,32). The van der Waals surface area contributed by atoms with Gasteiger partial charge in [-0.3, -0.25) is 9.78 Å². The van der Waals surface area contributed by atoms with Crippen molar-refractivity contribution in [2.45, 2.75) is 32.4 Å². The van der Waals surface area contributed by atoms with Crippen LogP contribution >= 0.6 is 11.6 Å². The van der Waals surface area contributed by atoms with E-state index >= 15 is 0 Å². The molecule has 0 aliphatic carbocycles. The number of hydrogen-bond acceptors (Lipinski definition) is 7. The molecule has 0 saturated heterocycles. The molecule has 36 heavy (non-hydrogen) atoms. The molecule has 3 aromatic rings. The van der Waals surface area contributed by atoms with Gasteiger partial charge in [-0.25, -0.2) is 9.59 Å². The number of aromatic nitrogens is 1. The summed E-state index contributed by atoms with van der Waals surface area (Å²) in [6.45, 7) is 3.64. The summed E-state index contributed by atoms with van der Waals surface area (Å²) in [5.74, 6) is -1.90. The quantitative estimate of drug-likeness (QED) is 0.398. The maximum atomic E-state index is 13.2. The highest BCUT2D eigenvalue weighted by Gasteiger charge is 2.30. The van der Waals surface area contributed by atoms with Crippen molar-refractivity contribution in [3.8, 4) is 11.3 Å². The molecule has 2 atom stereocenters. The summed E-state index contributed by atoms with van der Waals surface area (Å²) in [6.07, 6.45) is -0.0810. The molecule has 0 aliphatic rings. The Morgan fingerprint density at radius 2 is 1.69 bits per heavy atom. The number of hydrogen-bond donors (Lipinski definition) is 2. The average molecular weight is 511 g/mol. The Morgan fingerprint density at radius 1 is 1.00 bits per heavy atom. The minimum atomic E-state index is -1.61. The van der Waals surface area contributed by atoms with Gasteiger partial charge in [0.25, 0.3) is 5.91 Å². The number of aliphatic hydroxyl groups excluding tert-OH is 1. The third kappa shape index (κ3) is 6.68. The largest absolute Gasteiger partial charge is 0.464 e. The molecular weight excluding hydrogens is 484 g/mol. The molecule has 8 nitrogen and oxygen atoms in total. The summed E-state index contributed by atoms with van der Waals surface area (Å²) in [6, 6.07) is 15.8. The molecular formula is C27H27ClN2O6. The maximum Gasteiger partial charge on any atom is 0.338 e.